The monoisotopic (exact) mass is 235 g/mol. The Labute approximate surface area is 101 Å². The van der Waals surface area contributed by atoms with Crippen LogP contribution in [0.3, 0.4) is 0 Å². The summed E-state index contributed by atoms with van der Waals surface area (Å²) in [4.78, 5) is 0. The van der Waals surface area contributed by atoms with Crippen LogP contribution in [0.25, 0.3) is 10.9 Å². The molecule has 0 radical (unpaired) electrons. The molecule has 17 heavy (non-hydrogen) atoms. The third-order valence-electron chi connectivity index (χ3n) is 3.24. The number of aryl methyl sites for hydroxylation is 1. The van der Waals surface area contributed by atoms with Gasteiger partial charge in [-0.1, -0.05) is 0 Å². The third kappa shape index (κ3) is 2.67. The standard InChI is InChI=1S/C14H18FNO/c1-14(2,17-3)7-9-16-8-6-11-10-12(15)4-5-13(11)16/h4-6,8,10H,7,9H2,1-3H3. The summed E-state index contributed by atoms with van der Waals surface area (Å²) in [5.74, 6) is -0.188. The number of rotatable bonds is 4. The lowest BCUT2D eigenvalue weighted by Gasteiger charge is -2.23. The van der Waals surface area contributed by atoms with Gasteiger partial charge in [-0.3, -0.25) is 0 Å². The lowest BCUT2D eigenvalue weighted by molar-refractivity contribution is 0.0123. The van der Waals surface area contributed by atoms with Crippen molar-refractivity contribution in [2.75, 3.05) is 7.11 Å². The minimum Gasteiger partial charge on any atom is -0.379 e. The molecular formula is C14H18FNO. The summed E-state index contributed by atoms with van der Waals surface area (Å²) in [7, 11) is 1.73. The van der Waals surface area contributed by atoms with Crippen LogP contribution in [0.15, 0.2) is 30.5 Å². The van der Waals surface area contributed by atoms with Crippen LogP contribution in [-0.4, -0.2) is 17.3 Å². The molecule has 1 aromatic heterocycles. The van der Waals surface area contributed by atoms with Gasteiger partial charge in [0.2, 0.25) is 0 Å². The fourth-order valence-corrected chi connectivity index (χ4v) is 1.86. The number of methoxy groups -OCH3 is 1. The molecule has 1 heterocycles. The van der Waals surface area contributed by atoms with Crippen LogP contribution in [0.1, 0.15) is 20.3 Å². The van der Waals surface area contributed by atoms with Crippen LogP contribution in [0, 0.1) is 5.82 Å². The van der Waals surface area contributed by atoms with E-state index in [1.54, 1.807) is 13.2 Å². The molecule has 0 atom stereocenters. The van der Waals surface area contributed by atoms with Gasteiger partial charge in [-0.25, -0.2) is 4.39 Å². The molecule has 0 aliphatic heterocycles. The van der Waals surface area contributed by atoms with Gasteiger partial charge < -0.3 is 9.30 Å². The highest BCUT2D eigenvalue weighted by molar-refractivity contribution is 5.80. The van der Waals surface area contributed by atoms with E-state index >= 15 is 0 Å². The molecule has 0 N–H and O–H groups in total. The van der Waals surface area contributed by atoms with E-state index in [4.69, 9.17) is 4.74 Å². The van der Waals surface area contributed by atoms with Gasteiger partial charge in [0.05, 0.1) is 5.60 Å². The van der Waals surface area contributed by atoms with Crippen LogP contribution in [0.4, 0.5) is 4.39 Å². The number of nitrogens with zero attached hydrogens (tertiary/aromatic N) is 1. The smallest absolute Gasteiger partial charge is 0.123 e. The quantitative estimate of drug-likeness (QED) is 0.789. The zero-order chi connectivity index (χ0) is 12.5. The van der Waals surface area contributed by atoms with Crippen LogP contribution in [0.5, 0.6) is 0 Å². The second-order valence-corrected chi connectivity index (χ2v) is 4.93. The Morgan fingerprint density at radius 1 is 1.29 bits per heavy atom. The van der Waals surface area contributed by atoms with E-state index in [1.165, 1.54) is 6.07 Å². The first-order valence-electron chi connectivity index (χ1n) is 5.81. The molecule has 0 amide bonds. The number of hydrogen-bond donors (Lipinski definition) is 0. The minimum atomic E-state index is -0.188. The van der Waals surface area contributed by atoms with Crippen LogP contribution >= 0.6 is 0 Å². The first kappa shape index (κ1) is 12.1. The van der Waals surface area contributed by atoms with Gasteiger partial charge in [-0.15, -0.1) is 0 Å². The van der Waals surface area contributed by atoms with Gasteiger partial charge in [-0.05, 0) is 44.5 Å². The number of fused-ring (bicyclic) bond motifs is 1. The Hall–Kier alpha value is -1.35. The van der Waals surface area contributed by atoms with Crippen molar-refractivity contribution in [2.24, 2.45) is 0 Å². The van der Waals surface area contributed by atoms with Crippen molar-refractivity contribution in [1.82, 2.24) is 4.57 Å². The van der Waals surface area contributed by atoms with Crippen molar-refractivity contribution in [3.63, 3.8) is 0 Å². The summed E-state index contributed by atoms with van der Waals surface area (Å²) < 4.78 is 20.6. The Morgan fingerprint density at radius 2 is 2.06 bits per heavy atom. The van der Waals surface area contributed by atoms with Crippen molar-refractivity contribution in [3.8, 4) is 0 Å². The summed E-state index contributed by atoms with van der Waals surface area (Å²) in [6.45, 7) is 5.01. The summed E-state index contributed by atoms with van der Waals surface area (Å²) >= 11 is 0. The molecule has 0 saturated carbocycles. The maximum Gasteiger partial charge on any atom is 0.123 e. The number of hydrogen-bond acceptors (Lipinski definition) is 1. The molecule has 0 fully saturated rings. The largest absolute Gasteiger partial charge is 0.379 e. The number of halogens is 1. The van der Waals surface area contributed by atoms with Gasteiger partial charge >= 0.3 is 0 Å². The van der Waals surface area contributed by atoms with Crippen molar-refractivity contribution in [2.45, 2.75) is 32.4 Å². The lowest BCUT2D eigenvalue weighted by atomic mass is 10.1. The Morgan fingerprint density at radius 3 is 2.76 bits per heavy atom. The highest BCUT2D eigenvalue weighted by Crippen LogP contribution is 2.20. The molecular weight excluding hydrogens is 217 g/mol. The molecule has 0 aliphatic rings. The van der Waals surface area contributed by atoms with Gasteiger partial charge in [0.1, 0.15) is 5.82 Å². The first-order valence-corrected chi connectivity index (χ1v) is 5.81. The average molecular weight is 235 g/mol. The van der Waals surface area contributed by atoms with Crippen molar-refractivity contribution in [3.05, 3.63) is 36.3 Å². The molecule has 0 spiro atoms. The zero-order valence-electron chi connectivity index (χ0n) is 10.5. The van der Waals surface area contributed by atoms with Crippen LogP contribution in [0.2, 0.25) is 0 Å². The predicted molar refractivity (Wildman–Crippen MR) is 67.6 cm³/mol. The normalized spacial score (nSPS) is 12.2. The van der Waals surface area contributed by atoms with Gasteiger partial charge in [0.25, 0.3) is 0 Å². The van der Waals surface area contributed by atoms with Crippen molar-refractivity contribution >= 4 is 10.9 Å². The maximum atomic E-state index is 13.0. The lowest BCUT2D eigenvalue weighted by Crippen LogP contribution is -2.24. The first-order chi connectivity index (χ1) is 8.02. The molecule has 0 unspecified atom stereocenters. The van der Waals surface area contributed by atoms with E-state index < -0.39 is 0 Å². The summed E-state index contributed by atoms with van der Waals surface area (Å²) in [5.41, 5.74) is 0.940. The van der Waals surface area contributed by atoms with E-state index in [-0.39, 0.29) is 11.4 Å². The Balaban J connectivity index is 2.20. The van der Waals surface area contributed by atoms with E-state index in [1.807, 2.05) is 18.3 Å². The van der Waals surface area contributed by atoms with Crippen molar-refractivity contribution < 1.29 is 9.13 Å². The fourth-order valence-electron chi connectivity index (χ4n) is 1.86. The summed E-state index contributed by atoms with van der Waals surface area (Å²) in [6.07, 6.45) is 2.92. The van der Waals surface area contributed by atoms with Gasteiger partial charge in [0.15, 0.2) is 0 Å². The fraction of sp³-hybridized carbons (Fsp3) is 0.429. The molecule has 92 valence electrons. The van der Waals surface area contributed by atoms with Gasteiger partial charge in [-0.2, -0.15) is 0 Å². The predicted octanol–water partition coefficient (Wildman–Crippen LogP) is 3.60. The van der Waals surface area contributed by atoms with Gasteiger partial charge in [0, 0.05) is 30.8 Å². The molecule has 2 nitrogen and oxygen atoms in total. The average Bonchev–Trinajstić information content (AvgIpc) is 2.69. The molecule has 2 rings (SSSR count). The molecule has 0 saturated heterocycles. The molecule has 1 aromatic carbocycles. The van der Waals surface area contributed by atoms with E-state index in [9.17, 15) is 4.39 Å². The number of benzene rings is 1. The molecule has 2 aromatic rings. The Kier molecular flexibility index (Phi) is 3.20. The van der Waals surface area contributed by atoms with Crippen LogP contribution in [-0.2, 0) is 11.3 Å². The molecule has 0 bridgehead atoms. The van der Waals surface area contributed by atoms with E-state index in [2.05, 4.69) is 18.4 Å². The molecule has 3 heteroatoms. The highest BCUT2D eigenvalue weighted by atomic mass is 19.1. The topological polar surface area (TPSA) is 14.2 Å². The second kappa shape index (κ2) is 4.49. The minimum absolute atomic E-state index is 0.128. The zero-order valence-corrected chi connectivity index (χ0v) is 10.5. The SMILES string of the molecule is COC(C)(C)CCn1ccc2cc(F)ccc21. The van der Waals surface area contributed by atoms with Crippen LogP contribution < -0.4 is 0 Å². The van der Waals surface area contributed by atoms with E-state index in [0.717, 1.165) is 23.9 Å². The second-order valence-electron chi connectivity index (χ2n) is 4.93. The number of aromatic nitrogens is 1. The van der Waals surface area contributed by atoms with E-state index in [0.29, 0.717) is 0 Å². The number of ether oxygens (including phenoxy) is 1. The Bertz CT molecular complexity index is 516. The van der Waals surface area contributed by atoms with Crippen molar-refractivity contribution in [1.29, 1.82) is 0 Å². The third-order valence-corrected chi connectivity index (χ3v) is 3.24. The summed E-state index contributed by atoms with van der Waals surface area (Å²) in [6, 6.07) is 6.83. The summed E-state index contributed by atoms with van der Waals surface area (Å²) in [5, 5.41) is 0.945. The maximum absolute atomic E-state index is 13.0. The molecule has 0 aliphatic carbocycles. The highest BCUT2D eigenvalue weighted by Gasteiger charge is 2.16.